The largest absolute Gasteiger partial charge is 0.309 e. The van der Waals surface area contributed by atoms with Crippen LogP contribution in [0.25, 0.3) is 0 Å². The number of aryl methyl sites for hydroxylation is 1. The van der Waals surface area contributed by atoms with Crippen LogP contribution in [-0.4, -0.2) is 30.1 Å². The van der Waals surface area contributed by atoms with Gasteiger partial charge in [-0.15, -0.1) is 0 Å². The van der Waals surface area contributed by atoms with Crippen LogP contribution < -0.4 is 5.32 Å². The molecule has 1 aliphatic heterocycles. The first-order chi connectivity index (χ1) is 9.05. The molecule has 1 heterocycles. The Balaban J connectivity index is 2.28. The van der Waals surface area contributed by atoms with Crippen molar-refractivity contribution >= 4 is 0 Å². The SMILES string of the molecule is CCNC(c1cccc(C)c1)C(C)(C)N1CCCC1. The van der Waals surface area contributed by atoms with Gasteiger partial charge in [-0.05, 0) is 58.8 Å². The first-order valence-electron chi connectivity index (χ1n) is 7.60. The third-order valence-electron chi connectivity index (χ3n) is 4.41. The van der Waals surface area contributed by atoms with Crippen molar-refractivity contribution in [2.75, 3.05) is 19.6 Å². The van der Waals surface area contributed by atoms with E-state index in [0.29, 0.717) is 6.04 Å². The minimum atomic E-state index is 0.167. The molecule has 1 aliphatic rings. The van der Waals surface area contributed by atoms with Crippen LogP contribution in [-0.2, 0) is 0 Å². The summed E-state index contributed by atoms with van der Waals surface area (Å²) in [7, 11) is 0. The van der Waals surface area contributed by atoms with Crippen LogP contribution in [0.1, 0.15) is 50.8 Å². The molecule has 19 heavy (non-hydrogen) atoms. The van der Waals surface area contributed by atoms with Crippen LogP contribution in [0.2, 0.25) is 0 Å². The van der Waals surface area contributed by atoms with Crippen LogP contribution in [0.4, 0.5) is 0 Å². The number of hydrogen-bond acceptors (Lipinski definition) is 2. The van der Waals surface area contributed by atoms with Crippen LogP contribution in [0.15, 0.2) is 24.3 Å². The highest BCUT2D eigenvalue weighted by Crippen LogP contribution is 2.33. The summed E-state index contributed by atoms with van der Waals surface area (Å²) >= 11 is 0. The number of rotatable bonds is 5. The van der Waals surface area contributed by atoms with Crippen molar-refractivity contribution in [2.24, 2.45) is 0 Å². The molecular formula is C17H28N2. The summed E-state index contributed by atoms with van der Waals surface area (Å²) in [6.07, 6.45) is 2.69. The van der Waals surface area contributed by atoms with E-state index in [2.05, 4.69) is 62.2 Å². The van der Waals surface area contributed by atoms with Gasteiger partial charge in [0.05, 0.1) is 6.04 Å². The topological polar surface area (TPSA) is 15.3 Å². The fourth-order valence-electron chi connectivity index (χ4n) is 3.31. The molecule has 2 nitrogen and oxygen atoms in total. The molecule has 2 heteroatoms. The number of likely N-dealkylation sites (tertiary alicyclic amines) is 1. The smallest absolute Gasteiger partial charge is 0.0501 e. The molecule has 1 fully saturated rings. The van der Waals surface area contributed by atoms with Crippen molar-refractivity contribution in [1.82, 2.24) is 10.2 Å². The maximum absolute atomic E-state index is 3.70. The highest BCUT2D eigenvalue weighted by molar-refractivity contribution is 5.27. The summed E-state index contributed by atoms with van der Waals surface area (Å²) in [5.41, 5.74) is 2.93. The lowest BCUT2D eigenvalue weighted by Crippen LogP contribution is -2.51. The molecule has 1 aromatic carbocycles. The van der Waals surface area contributed by atoms with E-state index in [-0.39, 0.29) is 5.54 Å². The average Bonchev–Trinajstić information content (AvgIpc) is 2.90. The fraction of sp³-hybridized carbons (Fsp3) is 0.647. The van der Waals surface area contributed by atoms with Gasteiger partial charge in [-0.3, -0.25) is 4.90 Å². The van der Waals surface area contributed by atoms with Crippen molar-refractivity contribution in [3.8, 4) is 0 Å². The molecule has 0 spiro atoms. The van der Waals surface area contributed by atoms with E-state index in [0.717, 1.165) is 6.54 Å². The monoisotopic (exact) mass is 260 g/mol. The van der Waals surface area contributed by atoms with E-state index in [4.69, 9.17) is 0 Å². The van der Waals surface area contributed by atoms with Gasteiger partial charge in [0, 0.05) is 5.54 Å². The predicted molar refractivity (Wildman–Crippen MR) is 82.5 cm³/mol. The van der Waals surface area contributed by atoms with E-state index < -0.39 is 0 Å². The summed E-state index contributed by atoms with van der Waals surface area (Å²) in [6.45, 7) is 12.6. The van der Waals surface area contributed by atoms with Crippen LogP contribution in [0, 0.1) is 6.92 Å². The van der Waals surface area contributed by atoms with Gasteiger partial charge in [-0.2, -0.15) is 0 Å². The molecule has 0 bridgehead atoms. The highest BCUT2D eigenvalue weighted by atomic mass is 15.2. The third kappa shape index (κ3) is 3.18. The van der Waals surface area contributed by atoms with Gasteiger partial charge in [0.1, 0.15) is 0 Å². The molecule has 1 saturated heterocycles. The average molecular weight is 260 g/mol. The maximum Gasteiger partial charge on any atom is 0.0501 e. The highest BCUT2D eigenvalue weighted by Gasteiger charge is 2.37. The zero-order valence-corrected chi connectivity index (χ0v) is 12.9. The van der Waals surface area contributed by atoms with E-state index in [1.54, 1.807) is 0 Å². The van der Waals surface area contributed by atoms with E-state index >= 15 is 0 Å². The molecule has 1 unspecified atom stereocenters. The first kappa shape index (κ1) is 14.5. The summed E-state index contributed by atoms with van der Waals surface area (Å²) in [5, 5.41) is 3.70. The molecule has 0 aliphatic carbocycles. The molecule has 1 atom stereocenters. The quantitative estimate of drug-likeness (QED) is 0.871. The molecule has 0 amide bonds. The van der Waals surface area contributed by atoms with Crippen LogP contribution in [0.3, 0.4) is 0 Å². The summed E-state index contributed by atoms with van der Waals surface area (Å²) in [6, 6.07) is 9.34. The number of hydrogen-bond donors (Lipinski definition) is 1. The number of benzene rings is 1. The second kappa shape index (κ2) is 6.06. The molecule has 1 aromatic rings. The Morgan fingerprint density at radius 1 is 1.26 bits per heavy atom. The lowest BCUT2D eigenvalue weighted by molar-refractivity contribution is 0.107. The minimum absolute atomic E-state index is 0.167. The van der Waals surface area contributed by atoms with Crippen LogP contribution >= 0.6 is 0 Å². The number of nitrogens with zero attached hydrogens (tertiary/aromatic N) is 1. The summed E-state index contributed by atoms with van der Waals surface area (Å²) in [4.78, 5) is 2.64. The van der Waals surface area contributed by atoms with Gasteiger partial charge in [0.15, 0.2) is 0 Å². The zero-order valence-electron chi connectivity index (χ0n) is 12.9. The Kier molecular flexibility index (Phi) is 4.64. The lowest BCUT2D eigenvalue weighted by Gasteiger charge is -2.43. The maximum atomic E-state index is 3.70. The number of nitrogens with one attached hydrogen (secondary N) is 1. The van der Waals surface area contributed by atoms with Crippen LogP contribution in [0.5, 0.6) is 0 Å². The van der Waals surface area contributed by atoms with Crippen molar-refractivity contribution in [3.63, 3.8) is 0 Å². The van der Waals surface area contributed by atoms with Crippen molar-refractivity contribution in [1.29, 1.82) is 0 Å². The Morgan fingerprint density at radius 2 is 1.95 bits per heavy atom. The molecule has 106 valence electrons. The Morgan fingerprint density at radius 3 is 2.53 bits per heavy atom. The van der Waals surface area contributed by atoms with Gasteiger partial charge >= 0.3 is 0 Å². The third-order valence-corrected chi connectivity index (χ3v) is 4.41. The van der Waals surface area contributed by atoms with Gasteiger partial charge < -0.3 is 5.32 Å². The molecular weight excluding hydrogens is 232 g/mol. The molecule has 0 radical (unpaired) electrons. The van der Waals surface area contributed by atoms with Gasteiger partial charge in [0.25, 0.3) is 0 Å². The Labute approximate surface area is 118 Å². The zero-order chi connectivity index (χ0) is 13.9. The van der Waals surface area contributed by atoms with Gasteiger partial charge in [-0.25, -0.2) is 0 Å². The molecule has 1 N–H and O–H groups in total. The standard InChI is InChI=1S/C17H28N2/c1-5-18-16(15-10-8-9-14(2)13-15)17(3,4)19-11-6-7-12-19/h8-10,13,16,18H,5-7,11-12H2,1-4H3. The minimum Gasteiger partial charge on any atom is -0.309 e. The summed E-state index contributed by atoms with van der Waals surface area (Å²) < 4.78 is 0. The second-order valence-electron chi connectivity index (χ2n) is 6.25. The summed E-state index contributed by atoms with van der Waals surface area (Å²) in [5.74, 6) is 0. The lowest BCUT2D eigenvalue weighted by atomic mass is 9.86. The van der Waals surface area contributed by atoms with E-state index in [9.17, 15) is 0 Å². The first-order valence-corrected chi connectivity index (χ1v) is 7.60. The normalized spacial score (nSPS) is 18.7. The number of likely N-dealkylation sites (N-methyl/N-ethyl adjacent to an activating group) is 1. The predicted octanol–water partition coefficient (Wildman–Crippen LogP) is 3.52. The Bertz CT molecular complexity index is 405. The second-order valence-corrected chi connectivity index (χ2v) is 6.25. The molecule has 0 saturated carbocycles. The van der Waals surface area contributed by atoms with Crippen molar-refractivity contribution in [3.05, 3.63) is 35.4 Å². The van der Waals surface area contributed by atoms with E-state index in [1.165, 1.54) is 37.1 Å². The Hall–Kier alpha value is -0.860. The van der Waals surface area contributed by atoms with Gasteiger partial charge in [0.2, 0.25) is 0 Å². The van der Waals surface area contributed by atoms with Gasteiger partial charge in [-0.1, -0.05) is 36.8 Å². The molecule has 2 rings (SSSR count). The van der Waals surface area contributed by atoms with Crippen molar-refractivity contribution < 1.29 is 0 Å². The van der Waals surface area contributed by atoms with E-state index in [1.807, 2.05) is 0 Å². The fourth-order valence-corrected chi connectivity index (χ4v) is 3.31. The molecule has 0 aromatic heterocycles. The van der Waals surface area contributed by atoms with Crippen molar-refractivity contribution in [2.45, 2.75) is 52.1 Å².